The fraction of sp³-hybridized carbons (Fsp3) is 0.683. The zero-order chi connectivity index (χ0) is 36.0. The second kappa shape index (κ2) is 31.6. The van der Waals surface area contributed by atoms with E-state index in [-0.39, 0.29) is 11.9 Å². The number of aliphatic hydroxyl groups excluding tert-OH is 1. The van der Waals surface area contributed by atoms with Crippen molar-refractivity contribution in [1.29, 1.82) is 0 Å². The van der Waals surface area contributed by atoms with E-state index >= 15 is 0 Å². The molecule has 0 bridgehead atoms. The molecular formula is C41H71BrN2O2S. The van der Waals surface area contributed by atoms with Crippen molar-refractivity contribution < 1.29 is 9.90 Å². The van der Waals surface area contributed by atoms with E-state index in [0.717, 1.165) is 65.2 Å². The molecule has 2 unspecified atom stereocenters. The third kappa shape index (κ3) is 25.1. The maximum atomic E-state index is 11.9. The highest BCUT2D eigenvalue weighted by Crippen LogP contribution is 2.27. The maximum absolute atomic E-state index is 11.9. The monoisotopic (exact) mass is 734 g/mol. The van der Waals surface area contributed by atoms with Gasteiger partial charge in [-0.2, -0.15) is 0 Å². The Hall–Kier alpha value is -1.63. The van der Waals surface area contributed by atoms with Gasteiger partial charge in [-0.05, 0) is 87.0 Å². The molecule has 0 saturated heterocycles. The van der Waals surface area contributed by atoms with Crippen LogP contribution in [0.2, 0.25) is 0 Å². The first-order valence-electron chi connectivity index (χ1n) is 18.7. The predicted octanol–water partition coefficient (Wildman–Crippen LogP) is 13.9. The molecule has 0 saturated carbocycles. The Morgan fingerprint density at radius 3 is 1.91 bits per heavy atom. The molecule has 2 atom stereocenters. The number of aryl methyl sites for hydroxylation is 2. The van der Waals surface area contributed by atoms with Gasteiger partial charge < -0.3 is 5.11 Å². The van der Waals surface area contributed by atoms with E-state index in [1.54, 1.807) is 0 Å². The molecule has 4 nitrogen and oxygen atoms in total. The summed E-state index contributed by atoms with van der Waals surface area (Å²) in [5.74, 6) is 1.76. The van der Waals surface area contributed by atoms with E-state index in [1.165, 1.54) is 67.5 Å². The molecule has 0 amide bonds. The second-order valence-corrected chi connectivity index (χ2v) is 14.6. The number of nitrogens with zero attached hydrogens (tertiary/aromatic N) is 2. The molecule has 1 aliphatic rings. The third-order valence-corrected chi connectivity index (χ3v) is 8.66. The minimum atomic E-state index is -0.0472. The van der Waals surface area contributed by atoms with Crippen LogP contribution in [0.5, 0.6) is 0 Å². The van der Waals surface area contributed by atoms with Gasteiger partial charge in [-0.3, -0.25) is 4.79 Å². The summed E-state index contributed by atoms with van der Waals surface area (Å²) >= 11 is 4.76. The lowest BCUT2D eigenvalue weighted by molar-refractivity contribution is 0.0981. The first-order valence-corrected chi connectivity index (χ1v) is 20.3. The molecule has 0 fully saturated rings. The van der Waals surface area contributed by atoms with Crippen LogP contribution in [0, 0.1) is 11.8 Å². The number of Topliss-reactive ketones (excluding diaryl/α,β-unsaturated/α-hetero) is 1. The number of pyridine rings is 1. The number of carbonyl (C=O) groups is 1. The highest BCUT2D eigenvalue weighted by Gasteiger charge is 2.16. The molecule has 0 radical (unpaired) electrons. The number of hydrogen-bond donors (Lipinski definition) is 1. The van der Waals surface area contributed by atoms with Crippen LogP contribution in [0.4, 0.5) is 0 Å². The molecule has 47 heavy (non-hydrogen) atoms. The van der Waals surface area contributed by atoms with Gasteiger partial charge in [0.1, 0.15) is 10.3 Å². The molecule has 1 aliphatic carbocycles. The van der Waals surface area contributed by atoms with E-state index in [9.17, 15) is 9.90 Å². The summed E-state index contributed by atoms with van der Waals surface area (Å²) in [7, 11) is 0. The number of thiazole rings is 1. The molecule has 2 heterocycles. The molecule has 1 N–H and O–H groups in total. The number of aromatic nitrogens is 2. The number of halogens is 1. The van der Waals surface area contributed by atoms with E-state index in [1.807, 2.05) is 51.1 Å². The summed E-state index contributed by atoms with van der Waals surface area (Å²) in [6, 6.07) is 12.1. The lowest BCUT2D eigenvalue weighted by Gasteiger charge is -2.13. The van der Waals surface area contributed by atoms with Crippen LogP contribution in [0.1, 0.15) is 174 Å². The van der Waals surface area contributed by atoms with Crippen molar-refractivity contribution in [3.8, 4) is 0 Å². The smallest absolute Gasteiger partial charge is 0.191 e. The molecule has 0 aliphatic heterocycles. The average Bonchev–Trinajstić information content (AvgIpc) is 3.48. The zero-order valence-electron chi connectivity index (χ0n) is 32.1. The zero-order valence-corrected chi connectivity index (χ0v) is 34.5. The molecule has 270 valence electrons. The van der Waals surface area contributed by atoms with Crippen molar-refractivity contribution in [2.45, 2.75) is 172 Å². The van der Waals surface area contributed by atoms with Gasteiger partial charge in [0.15, 0.2) is 10.8 Å². The number of unbranched alkanes of at least 4 members (excludes halogenated alkanes) is 2. The van der Waals surface area contributed by atoms with Crippen molar-refractivity contribution in [3.05, 3.63) is 57.1 Å². The minimum Gasteiger partial charge on any atom is -0.393 e. The van der Waals surface area contributed by atoms with Gasteiger partial charge in [0.2, 0.25) is 0 Å². The SMILES string of the molecule is Brc1ccccc1.CC.CC(C)C.CCCC(=O)c1nc2cc3c(nc2s1)CCCC3.CCCC(O)CCC(C)CC.CCCCC. The fourth-order valence-electron chi connectivity index (χ4n) is 4.36. The van der Waals surface area contributed by atoms with Crippen LogP contribution in [0.25, 0.3) is 10.3 Å². The Bertz CT molecular complexity index is 1090. The number of ketones is 1. The van der Waals surface area contributed by atoms with Gasteiger partial charge in [0, 0.05) is 16.6 Å². The van der Waals surface area contributed by atoms with E-state index < -0.39 is 0 Å². The molecule has 3 aromatic rings. The van der Waals surface area contributed by atoms with Crippen LogP contribution in [-0.2, 0) is 12.8 Å². The molecular weight excluding hydrogens is 664 g/mol. The topological polar surface area (TPSA) is 63.1 Å². The molecule has 2 aromatic heterocycles. The van der Waals surface area contributed by atoms with Gasteiger partial charge in [-0.25, -0.2) is 9.97 Å². The van der Waals surface area contributed by atoms with Gasteiger partial charge in [0.05, 0.1) is 6.10 Å². The quantitative estimate of drug-likeness (QED) is 0.199. The first-order chi connectivity index (χ1) is 22.5. The Kier molecular flexibility index (Phi) is 32.0. The number of aliphatic hydroxyl groups is 1. The van der Waals surface area contributed by atoms with Crippen LogP contribution in [0.15, 0.2) is 40.9 Å². The van der Waals surface area contributed by atoms with Crippen molar-refractivity contribution in [2.24, 2.45) is 11.8 Å². The van der Waals surface area contributed by atoms with Crippen LogP contribution < -0.4 is 0 Å². The molecule has 6 heteroatoms. The van der Waals surface area contributed by atoms with Crippen LogP contribution in [0.3, 0.4) is 0 Å². The van der Waals surface area contributed by atoms with Crippen LogP contribution >= 0.6 is 27.3 Å². The van der Waals surface area contributed by atoms with E-state index in [4.69, 9.17) is 0 Å². The van der Waals surface area contributed by atoms with Crippen molar-refractivity contribution >= 4 is 43.4 Å². The number of carbonyl (C=O) groups excluding carboxylic acids is 1. The summed E-state index contributed by atoms with van der Waals surface area (Å²) in [6.45, 7) is 23.5. The third-order valence-electron chi connectivity index (χ3n) is 7.13. The Labute approximate surface area is 303 Å². The van der Waals surface area contributed by atoms with Gasteiger partial charge in [-0.15, -0.1) is 0 Å². The van der Waals surface area contributed by atoms with Gasteiger partial charge >= 0.3 is 0 Å². The summed E-state index contributed by atoms with van der Waals surface area (Å²) in [4.78, 5) is 21.9. The molecule has 4 rings (SSSR count). The Balaban J connectivity index is 0. The van der Waals surface area contributed by atoms with E-state index in [0.29, 0.717) is 11.4 Å². The van der Waals surface area contributed by atoms with Gasteiger partial charge in [0.25, 0.3) is 0 Å². The van der Waals surface area contributed by atoms with Crippen LogP contribution in [-0.4, -0.2) is 27.0 Å². The molecule has 0 spiro atoms. The Morgan fingerprint density at radius 2 is 1.45 bits per heavy atom. The summed E-state index contributed by atoms with van der Waals surface area (Å²) < 4.78 is 1.13. The number of hydrogen-bond acceptors (Lipinski definition) is 5. The molecule has 1 aromatic carbocycles. The highest BCUT2D eigenvalue weighted by atomic mass is 79.9. The number of benzene rings is 1. The Morgan fingerprint density at radius 1 is 0.851 bits per heavy atom. The van der Waals surface area contributed by atoms with Crippen molar-refractivity contribution in [3.63, 3.8) is 0 Å². The fourth-order valence-corrected chi connectivity index (χ4v) is 5.57. The first kappa shape index (κ1) is 47.5. The predicted molar refractivity (Wildman–Crippen MR) is 214 cm³/mol. The lowest BCUT2D eigenvalue weighted by atomic mass is 9.96. The highest BCUT2D eigenvalue weighted by molar-refractivity contribution is 9.10. The summed E-state index contributed by atoms with van der Waals surface area (Å²) in [5, 5.41) is 10.0. The second-order valence-electron chi connectivity index (χ2n) is 12.7. The normalized spacial score (nSPS) is 12.6. The summed E-state index contributed by atoms with van der Waals surface area (Å²) in [5.41, 5.74) is 3.44. The lowest BCUT2D eigenvalue weighted by Crippen LogP contribution is -2.07. The van der Waals surface area contributed by atoms with E-state index in [2.05, 4.69) is 87.4 Å². The van der Waals surface area contributed by atoms with Crippen molar-refractivity contribution in [2.75, 3.05) is 0 Å². The number of fused-ring (bicyclic) bond motifs is 2. The van der Waals surface area contributed by atoms with Crippen molar-refractivity contribution in [1.82, 2.24) is 9.97 Å². The average molecular weight is 736 g/mol. The largest absolute Gasteiger partial charge is 0.393 e. The standard InChI is InChI=1S/C14H16N2OS.C10H22O.C6H5Br.C5H12.C4H10.C2H6/c1-2-5-12(17)14-16-11-8-9-6-3-4-7-10(9)15-13(11)18-14;1-4-6-10(11)8-7-9(3)5-2;7-6-4-2-1-3-5-6;1-3-5-4-2;1-4(2)3;1-2/h8H,2-7H2,1H3;9-11H,4-8H2,1-3H3;1-5H;3-5H2,1-2H3;4H,1-3H3;1-2H3. The minimum absolute atomic E-state index is 0.0472. The van der Waals surface area contributed by atoms with Gasteiger partial charge in [-0.1, -0.05) is 154 Å². The maximum Gasteiger partial charge on any atom is 0.191 e. The number of rotatable bonds is 11. The summed E-state index contributed by atoms with van der Waals surface area (Å²) in [6.07, 6.45) is 15.6.